The molecule has 3 N–H and O–H groups in total. The fourth-order valence-electron chi connectivity index (χ4n) is 4.13. The first kappa shape index (κ1) is 33.8. The van der Waals surface area contributed by atoms with Crippen molar-refractivity contribution in [3.05, 3.63) is 84.9 Å². The highest BCUT2D eigenvalue weighted by Gasteiger charge is 2.25. The lowest BCUT2D eigenvalue weighted by atomic mass is 10.2. The van der Waals surface area contributed by atoms with E-state index in [1.54, 1.807) is 25.1 Å². The fraction of sp³-hybridized carbons (Fsp3) is 0.250. The molecule has 3 aliphatic rings. The van der Waals surface area contributed by atoms with E-state index in [9.17, 15) is 30.3 Å². The number of fused-ring (bicyclic) bond motifs is 3. The van der Waals surface area contributed by atoms with Crippen LogP contribution in [0.15, 0.2) is 54.6 Å². The molecule has 0 saturated carbocycles. The third-order valence-electron chi connectivity index (χ3n) is 6.58. The smallest absolute Gasteiger partial charge is 0.273 e. The Labute approximate surface area is 277 Å². The lowest BCUT2D eigenvalue weighted by molar-refractivity contribution is -0.385. The molecule has 0 bridgehead atoms. The third kappa shape index (κ3) is 7.95. The van der Waals surface area contributed by atoms with Crippen LogP contribution < -0.4 is 30.2 Å². The van der Waals surface area contributed by atoms with Crippen LogP contribution >= 0.6 is 36.7 Å². The zero-order valence-electron chi connectivity index (χ0n) is 24.4. The van der Waals surface area contributed by atoms with E-state index >= 15 is 0 Å². The molecular formula is C28H26N6O9S3. The molecule has 3 aromatic carbocycles. The Morgan fingerprint density at radius 3 is 1.52 bits per heavy atom. The average molecular weight is 687 g/mol. The minimum atomic E-state index is -0.457. The number of non-ortho nitro benzene ring substituents is 3. The van der Waals surface area contributed by atoms with Gasteiger partial charge in [0.25, 0.3) is 17.1 Å². The van der Waals surface area contributed by atoms with E-state index in [0.717, 1.165) is 6.42 Å². The first-order valence-corrected chi connectivity index (χ1v) is 14.8. The minimum Gasteiger partial charge on any atom is -0.481 e. The second-order valence-corrected chi connectivity index (χ2v) is 11.1. The van der Waals surface area contributed by atoms with Crippen molar-refractivity contribution in [2.24, 2.45) is 0 Å². The predicted octanol–water partition coefficient (Wildman–Crippen LogP) is 6.74. The largest absolute Gasteiger partial charge is 0.481 e. The number of nitro benzene ring substituents is 3. The molecule has 0 radical (unpaired) electrons. The zero-order chi connectivity index (χ0) is 33.7. The van der Waals surface area contributed by atoms with Crippen molar-refractivity contribution in [1.29, 1.82) is 0 Å². The van der Waals surface area contributed by atoms with E-state index in [1.165, 1.54) is 36.4 Å². The van der Waals surface area contributed by atoms with Gasteiger partial charge in [-0.2, -0.15) is 0 Å². The van der Waals surface area contributed by atoms with Crippen LogP contribution in [0.25, 0.3) is 0 Å². The zero-order valence-corrected chi connectivity index (χ0v) is 26.8. The average Bonchev–Trinajstić information content (AvgIpc) is 3.01. The number of ether oxygens (including phenoxy) is 3. The van der Waals surface area contributed by atoms with Gasteiger partial charge in [-0.25, -0.2) is 0 Å². The van der Waals surface area contributed by atoms with Crippen molar-refractivity contribution in [3.8, 4) is 17.2 Å². The number of nitrogens with one attached hydrogen (secondary N) is 3. The summed E-state index contributed by atoms with van der Waals surface area (Å²) >= 11 is 15.1. The number of nitrogens with zero attached hydrogens (tertiary/aromatic N) is 3. The van der Waals surface area contributed by atoms with Gasteiger partial charge < -0.3 is 30.2 Å². The monoisotopic (exact) mass is 686 g/mol. The molecule has 240 valence electrons. The first-order valence-electron chi connectivity index (χ1n) is 13.5. The van der Waals surface area contributed by atoms with E-state index in [4.69, 9.17) is 50.9 Å². The molecule has 0 aliphatic carbocycles. The molecule has 0 aromatic heterocycles. The van der Waals surface area contributed by atoms with Crippen LogP contribution in [0, 0.1) is 30.3 Å². The quantitative estimate of drug-likeness (QED) is 0.148. The summed E-state index contributed by atoms with van der Waals surface area (Å²) in [5, 5.41) is 40.5. The van der Waals surface area contributed by atoms with Crippen molar-refractivity contribution < 1.29 is 29.0 Å². The van der Waals surface area contributed by atoms with E-state index in [1.807, 2.05) is 13.8 Å². The lowest BCUT2D eigenvalue weighted by Gasteiger charge is -2.26. The molecule has 46 heavy (non-hydrogen) atoms. The number of rotatable bonds is 4. The number of anilines is 3. The highest BCUT2D eigenvalue weighted by molar-refractivity contribution is 7.81. The second-order valence-electron chi connectivity index (χ2n) is 9.82. The molecule has 0 saturated heterocycles. The molecule has 3 aromatic rings. The summed E-state index contributed by atoms with van der Waals surface area (Å²) in [5.41, 5.74) is 1.82. The molecule has 3 aliphatic heterocycles. The number of thiocarbonyl (C=S) groups is 3. The van der Waals surface area contributed by atoms with Crippen molar-refractivity contribution >= 4 is 85.7 Å². The van der Waals surface area contributed by atoms with Crippen molar-refractivity contribution in [2.75, 3.05) is 16.0 Å². The van der Waals surface area contributed by atoms with Crippen molar-refractivity contribution in [2.45, 2.75) is 45.5 Å². The normalized spacial score (nSPS) is 18.6. The molecule has 0 fully saturated rings. The Bertz CT molecular complexity index is 1760. The van der Waals surface area contributed by atoms with E-state index in [2.05, 4.69) is 16.0 Å². The van der Waals surface area contributed by atoms with Crippen LogP contribution in [0.3, 0.4) is 0 Å². The van der Waals surface area contributed by atoms with Gasteiger partial charge in [0.2, 0.25) is 0 Å². The lowest BCUT2D eigenvalue weighted by Crippen LogP contribution is -2.34. The van der Waals surface area contributed by atoms with E-state index in [-0.39, 0.29) is 35.4 Å². The summed E-state index contributed by atoms with van der Waals surface area (Å²) in [5.74, 6) is 1.65. The maximum absolute atomic E-state index is 10.6. The Balaban J connectivity index is 0.000000157. The summed E-state index contributed by atoms with van der Waals surface area (Å²) in [4.78, 5) is 32.0. The summed E-state index contributed by atoms with van der Waals surface area (Å²) in [6, 6.07) is 13.2. The Morgan fingerprint density at radius 1 is 0.609 bits per heavy atom. The highest BCUT2D eigenvalue weighted by atomic mass is 32.1. The van der Waals surface area contributed by atoms with Crippen LogP contribution in [0.2, 0.25) is 0 Å². The van der Waals surface area contributed by atoms with Crippen LogP contribution in [-0.2, 0) is 0 Å². The molecule has 0 amide bonds. The van der Waals surface area contributed by atoms with Gasteiger partial charge in [-0.1, -0.05) is 43.6 Å². The number of benzene rings is 3. The Hall–Kier alpha value is -5.07. The molecule has 6 rings (SSSR count). The molecule has 3 heterocycles. The molecule has 0 spiro atoms. The molecule has 3 unspecified atom stereocenters. The van der Waals surface area contributed by atoms with Crippen LogP contribution in [0.4, 0.5) is 34.1 Å². The Kier molecular flexibility index (Phi) is 10.6. The summed E-state index contributed by atoms with van der Waals surface area (Å²) < 4.78 is 16.5. The second kappa shape index (κ2) is 14.4. The van der Waals surface area contributed by atoms with Crippen LogP contribution in [-0.4, -0.2) is 48.0 Å². The maximum atomic E-state index is 10.6. The van der Waals surface area contributed by atoms with Crippen LogP contribution in [0.1, 0.15) is 27.2 Å². The van der Waals surface area contributed by atoms with Crippen molar-refractivity contribution in [3.63, 3.8) is 0 Å². The van der Waals surface area contributed by atoms with Gasteiger partial charge >= 0.3 is 0 Å². The van der Waals surface area contributed by atoms with Gasteiger partial charge in [-0.05, 0) is 38.5 Å². The number of nitro groups is 3. The summed E-state index contributed by atoms with van der Waals surface area (Å²) in [6.07, 6.45) is 0.162. The van der Waals surface area contributed by atoms with Gasteiger partial charge in [0, 0.05) is 30.3 Å². The van der Waals surface area contributed by atoms with Gasteiger partial charge in [0.05, 0.1) is 37.9 Å². The molecular weight excluding hydrogens is 661 g/mol. The topological polar surface area (TPSA) is 193 Å². The van der Waals surface area contributed by atoms with Crippen LogP contribution in [0.5, 0.6) is 17.2 Å². The first-order chi connectivity index (χ1) is 21.8. The summed E-state index contributed by atoms with van der Waals surface area (Å²) in [6.45, 7) is 5.58. The minimum absolute atomic E-state index is 0.00979. The van der Waals surface area contributed by atoms with Gasteiger partial charge in [0.1, 0.15) is 44.8 Å². The third-order valence-corrected chi connectivity index (χ3v) is 7.81. The SMILES string of the molecule is CC1Oc2cc([N+](=O)[O-])ccc2NC1=S.CC1Oc2ccc([N+](=O)[O-])cc2NC1=S.CCC1Oc2ccc([N+](=O)[O-])cc2NC1=S. The Morgan fingerprint density at radius 2 is 1.02 bits per heavy atom. The van der Waals surface area contributed by atoms with E-state index in [0.29, 0.717) is 49.3 Å². The number of hydrogen-bond donors (Lipinski definition) is 3. The predicted molar refractivity (Wildman–Crippen MR) is 183 cm³/mol. The molecule has 3 atom stereocenters. The van der Waals surface area contributed by atoms with E-state index < -0.39 is 14.8 Å². The van der Waals surface area contributed by atoms with Gasteiger partial charge in [0.15, 0.2) is 5.75 Å². The number of hydrogen-bond acceptors (Lipinski definition) is 12. The highest BCUT2D eigenvalue weighted by Crippen LogP contribution is 2.35. The van der Waals surface area contributed by atoms with Crippen molar-refractivity contribution in [1.82, 2.24) is 0 Å². The maximum Gasteiger partial charge on any atom is 0.273 e. The fourth-order valence-corrected chi connectivity index (χ4v) is 4.78. The molecule has 15 nitrogen and oxygen atoms in total. The molecule has 18 heteroatoms. The van der Waals surface area contributed by atoms with Gasteiger partial charge in [-0.15, -0.1) is 0 Å². The standard InChI is InChI=1S/C10H10N2O3S.2C9H8N2O3S/c1-2-8-10(16)11-7-5-6(12(13)14)3-4-9(7)15-8;1-5-9(15)10-7-4-6(11(12)13)2-3-8(7)14-5;1-5-9(15)10-7-3-2-6(11(12)13)4-8(7)14-5/h3-5,8H,2H2,1H3,(H,11,16);2*2-5H,1H3,(H,10,15). The van der Waals surface area contributed by atoms with Gasteiger partial charge in [-0.3, -0.25) is 30.3 Å². The summed E-state index contributed by atoms with van der Waals surface area (Å²) in [7, 11) is 0.